The zero-order valence-corrected chi connectivity index (χ0v) is 15.2. The van der Waals surface area contributed by atoms with Crippen molar-refractivity contribution in [1.29, 1.82) is 0 Å². The molecule has 2 aliphatic rings. The molecule has 1 amide bonds. The highest BCUT2D eigenvalue weighted by atomic mass is 16.2. The molecule has 2 aromatic rings. The van der Waals surface area contributed by atoms with Crippen molar-refractivity contribution in [2.24, 2.45) is 0 Å². The number of benzene rings is 1. The number of hydrogen-bond acceptors (Lipinski definition) is 2. The molecule has 1 atom stereocenters. The van der Waals surface area contributed by atoms with E-state index in [1.54, 1.807) is 0 Å². The summed E-state index contributed by atoms with van der Waals surface area (Å²) in [6.45, 7) is 5.71. The predicted octanol–water partition coefficient (Wildman–Crippen LogP) is 0.569. The van der Waals surface area contributed by atoms with E-state index in [1.165, 1.54) is 4.90 Å². The standard InChI is InChI=1S/C21H26N4O/c26-21(25-12-6-7-13-25)20(18-8-2-1-3-9-18)24-16-14-23(15-17-24)19-10-4-5-11-22-19/h1-5,8-11,20H,6-7,12-17H2/p+2/t20-/m1/s1. The summed E-state index contributed by atoms with van der Waals surface area (Å²) in [7, 11) is 0. The van der Waals surface area contributed by atoms with Gasteiger partial charge in [-0.05, 0) is 18.9 Å². The van der Waals surface area contributed by atoms with E-state index in [0.29, 0.717) is 5.91 Å². The van der Waals surface area contributed by atoms with Crippen LogP contribution in [0.5, 0.6) is 0 Å². The molecule has 5 nitrogen and oxygen atoms in total. The van der Waals surface area contributed by atoms with Gasteiger partial charge in [0.15, 0.2) is 6.04 Å². The van der Waals surface area contributed by atoms with Crippen LogP contribution in [0.4, 0.5) is 5.82 Å². The van der Waals surface area contributed by atoms with Crippen LogP contribution in [0.25, 0.3) is 0 Å². The first kappa shape index (κ1) is 17.0. The number of nitrogens with zero attached hydrogens (tertiary/aromatic N) is 2. The van der Waals surface area contributed by atoms with Gasteiger partial charge in [-0.15, -0.1) is 0 Å². The van der Waals surface area contributed by atoms with E-state index in [9.17, 15) is 4.79 Å². The number of quaternary nitrogens is 1. The van der Waals surface area contributed by atoms with Crippen molar-refractivity contribution in [3.05, 3.63) is 60.3 Å². The second kappa shape index (κ2) is 7.87. The normalized spacial score (nSPS) is 19.5. The van der Waals surface area contributed by atoms with Crippen molar-refractivity contribution in [3.8, 4) is 0 Å². The maximum absolute atomic E-state index is 13.3. The Bertz CT molecular complexity index is 707. The Kier molecular flexibility index (Phi) is 5.16. The Morgan fingerprint density at radius 2 is 1.62 bits per heavy atom. The van der Waals surface area contributed by atoms with Gasteiger partial charge >= 0.3 is 0 Å². The van der Waals surface area contributed by atoms with Gasteiger partial charge in [-0.25, -0.2) is 4.98 Å². The minimum Gasteiger partial charge on any atom is -0.337 e. The van der Waals surface area contributed by atoms with Gasteiger partial charge in [0.1, 0.15) is 26.2 Å². The molecule has 1 aromatic carbocycles. The number of anilines is 1. The fourth-order valence-corrected chi connectivity index (χ4v) is 4.22. The van der Waals surface area contributed by atoms with Crippen molar-refractivity contribution < 1.29 is 14.7 Å². The van der Waals surface area contributed by atoms with Crippen molar-refractivity contribution in [2.75, 3.05) is 44.2 Å². The maximum Gasteiger partial charge on any atom is 0.285 e. The molecule has 0 unspecified atom stereocenters. The summed E-state index contributed by atoms with van der Waals surface area (Å²) in [6, 6.07) is 16.5. The lowest BCUT2D eigenvalue weighted by molar-refractivity contribution is -0.923. The number of hydrogen-bond donors (Lipinski definition) is 1. The molecule has 0 bridgehead atoms. The number of aromatic nitrogens is 1. The summed E-state index contributed by atoms with van der Waals surface area (Å²) in [6.07, 6.45) is 4.25. The first-order valence-electron chi connectivity index (χ1n) is 9.73. The Hall–Kier alpha value is -2.40. The van der Waals surface area contributed by atoms with Crippen molar-refractivity contribution in [3.63, 3.8) is 0 Å². The van der Waals surface area contributed by atoms with Gasteiger partial charge in [0.25, 0.3) is 11.7 Å². The molecule has 26 heavy (non-hydrogen) atoms. The maximum atomic E-state index is 13.3. The van der Waals surface area contributed by atoms with Crippen LogP contribution in [-0.4, -0.2) is 50.1 Å². The molecule has 1 aromatic heterocycles. The summed E-state index contributed by atoms with van der Waals surface area (Å²) in [5, 5.41) is 0. The number of carbonyl (C=O) groups is 1. The first-order valence-corrected chi connectivity index (χ1v) is 9.73. The lowest BCUT2D eigenvalue weighted by Crippen LogP contribution is -3.16. The van der Waals surface area contributed by atoms with Gasteiger partial charge in [0, 0.05) is 24.7 Å². The van der Waals surface area contributed by atoms with Crippen molar-refractivity contribution >= 4 is 11.7 Å². The molecule has 0 radical (unpaired) electrons. The van der Waals surface area contributed by atoms with Gasteiger partial charge in [0.05, 0.1) is 6.20 Å². The average Bonchev–Trinajstić information content (AvgIpc) is 3.25. The van der Waals surface area contributed by atoms with Crippen LogP contribution in [0, 0.1) is 0 Å². The third kappa shape index (κ3) is 3.58. The molecule has 4 rings (SSSR count). The number of carbonyl (C=O) groups excluding carboxylic acids is 1. The van der Waals surface area contributed by atoms with Crippen LogP contribution in [0.3, 0.4) is 0 Å². The molecule has 0 aliphatic carbocycles. The van der Waals surface area contributed by atoms with E-state index in [0.717, 1.165) is 63.5 Å². The quantitative estimate of drug-likeness (QED) is 0.874. The predicted molar refractivity (Wildman–Crippen MR) is 101 cm³/mol. The summed E-state index contributed by atoms with van der Waals surface area (Å²) >= 11 is 0. The van der Waals surface area contributed by atoms with E-state index >= 15 is 0 Å². The number of pyridine rings is 1. The number of piperazine rings is 1. The highest BCUT2D eigenvalue weighted by Gasteiger charge is 2.39. The summed E-state index contributed by atoms with van der Waals surface area (Å²) < 4.78 is 0. The molecule has 2 saturated heterocycles. The van der Waals surface area contributed by atoms with Crippen molar-refractivity contribution in [1.82, 2.24) is 4.90 Å². The Morgan fingerprint density at radius 3 is 2.27 bits per heavy atom. The lowest BCUT2D eigenvalue weighted by atomic mass is 10.0. The van der Waals surface area contributed by atoms with E-state index in [1.807, 2.05) is 30.5 Å². The first-order chi connectivity index (χ1) is 12.8. The second-order valence-electron chi connectivity index (χ2n) is 7.27. The zero-order valence-electron chi connectivity index (χ0n) is 15.2. The minimum absolute atomic E-state index is 0.0730. The summed E-state index contributed by atoms with van der Waals surface area (Å²) in [5.74, 6) is 1.47. The number of nitrogens with one attached hydrogen (secondary N) is 2. The zero-order chi connectivity index (χ0) is 17.8. The van der Waals surface area contributed by atoms with Crippen LogP contribution in [-0.2, 0) is 4.79 Å². The van der Waals surface area contributed by atoms with Crippen LogP contribution >= 0.6 is 0 Å². The molecule has 2 fully saturated rings. The molecular formula is C21H28N4O+2. The lowest BCUT2D eigenvalue weighted by Gasteiger charge is -2.34. The largest absolute Gasteiger partial charge is 0.337 e. The highest BCUT2D eigenvalue weighted by molar-refractivity contribution is 5.82. The number of aromatic amines is 1. The van der Waals surface area contributed by atoms with E-state index in [-0.39, 0.29) is 6.04 Å². The SMILES string of the molecule is O=C([C@@H](c1ccccc1)[NH+]1CCN(c2cccc[nH+]2)CC1)N1CCCC1. The summed E-state index contributed by atoms with van der Waals surface area (Å²) in [4.78, 5) is 22.4. The third-order valence-corrected chi connectivity index (χ3v) is 5.64. The summed E-state index contributed by atoms with van der Waals surface area (Å²) in [5.41, 5.74) is 1.15. The highest BCUT2D eigenvalue weighted by Crippen LogP contribution is 2.18. The topological polar surface area (TPSA) is 42.1 Å². The molecule has 2 N–H and O–H groups in total. The smallest absolute Gasteiger partial charge is 0.285 e. The average molecular weight is 352 g/mol. The van der Waals surface area contributed by atoms with Crippen LogP contribution in [0.2, 0.25) is 0 Å². The molecule has 0 spiro atoms. The monoisotopic (exact) mass is 352 g/mol. The second-order valence-corrected chi connectivity index (χ2v) is 7.27. The van der Waals surface area contributed by atoms with Gasteiger partial charge in [-0.2, -0.15) is 0 Å². The van der Waals surface area contributed by atoms with Crippen LogP contribution in [0.15, 0.2) is 54.7 Å². The number of rotatable bonds is 4. The number of H-pyrrole nitrogens is 1. The Morgan fingerprint density at radius 1 is 0.923 bits per heavy atom. The van der Waals surface area contributed by atoms with Gasteiger partial charge in [-0.1, -0.05) is 36.4 Å². The van der Waals surface area contributed by atoms with E-state index < -0.39 is 0 Å². The Labute approximate surface area is 155 Å². The molecular weight excluding hydrogens is 324 g/mol. The van der Waals surface area contributed by atoms with Gasteiger partial charge in [0.2, 0.25) is 0 Å². The van der Waals surface area contributed by atoms with Gasteiger partial charge < -0.3 is 9.80 Å². The molecule has 2 aliphatic heterocycles. The van der Waals surface area contributed by atoms with E-state index in [4.69, 9.17) is 0 Å². The van der Waals surface area contributed by atoms with E-state index in [2.05, 4.69) is 39.0 Å². The fourth-order valence-electron chi connectivity index (χ4n) is 4.22. The van der Waals surface area contributed by atoms with Crippen LogP contribution < -0.4 is 14.8 Å². The molecule has 3 heterocycles. The van der Waals surface area contributed by atoms with Crippen molar-refractivity contribution in [2.45, 2.75) is 18.9 Å². The van der Waals surface area contributed by atoms with Gasteiger partial charge in [-0.3, -0.25) is 9.69 Å². The molecule has 5 heteroatoms. The fraction of sp³-hybridized carbons (Fsp3) is 0.429. The third-order valence-electron chi connectivity index (χ3n) is 5.64. The Balaban J connectivity index is 1.51. The number of amides is 1. The number of likely N-dealkylation sites (tertiary alicyclic amines) is 1. The van der Waals surface area contributed by atoms with Crippen LogP contribution in [0.1, 0.15) is 24.4 Å². The molecule has 136 valence electrons. The molecule has 0 saturated carbocycles. The minimum atomic E-state index is -0.0730.